The highest BCUT2D eigenvalue weighted by molar-refractivity contribution is 9.10. The quantitative estimate of drug-likeness (QED) is 0.741. The van der Waals surface area contributed by atoms with Crippen molar-refractivity contribution in [2.75, 3.05) is 0 Å². The van der Waals surface area contributed by atoms with Crippen molar-refractivity contribution in [2.24, 2.45) is 0 Å². The number of benzene rings is 1. The number of halogens is 1. The highest BCUT2D eigenvalue weighted by atomic mass is 79.9. The van der Waals surface area contributed by atoms with Crippen molar-refractivity contribution >= 4 is 45.6 Å². The second-order valence-corrected chi connectivity index (χ2v) is 12.8. The van der Waals surface area contributed by atoms with Gasteiger partial charge >= 0.3 is 24.2 Å². The Labute approximate surface area is 113 Å². The first-order valence-corrected chi connectivity index (χ1v) is 12.0. The number of rotatable bonds is 1. The summed E-state index contributed by atoms with van der Waals surface area (Å²) < 4.78 is 18.9. The molecule has 0 unspecified atom stereocenters. The molecule has 2 rings (SSSR count). The molecule has 0 N–H and O–H groups in total. The molecule has 92 valence electrons. The third-order valence-electron chi connectivity index (χ3n) is 2.42. The third-order valence-corrected chi connectivity index (χ3v) is 8.44. The molecule has 1 aromatic carbocycles. The maximum atomic E-state index is 5.96. The lowest BCUT2D eigenvalue weighted by Crippen LogP contribution is -2.63. The summed E-state index contributed by atoms with van der Waals surface area (Å²) in [6, 6.07) is 8.05. The average Bonchev–Trinajstić information content (AvgIpc) is 2.13. The van der Waals surface area contributed by atoms with Gasteiger partial charge in [-0.2, -0.15) is 0 Å². The van der Waals surface area contributed by atoms with Gasteiger partial charge in [0.1, 0.15) is 0 Å². The van der Waals surface area contributed by atoms with Crippen molar-refractivity contribution in [1.29, 1.82) is 0 Å². The maximum absolute atomic E-state index is 5.96. The van der Waals surface area contributed by atoms with E-state index in [2.05, 4.69) is 42.1 Å². The standard InChI is InChI=1S/C10H16BBrO3Si2/c1-16(2)13-11(14-17(3,4)15-16)9-5-7-10(12)8-6-9/h5-8H,1-4H3. The summed E-state index contributed by atoms with van der Waals surface area (Å²) in [5.74, 6) is 0. The highest BCUT2D eigenvalue weighted by Gasteiger charge is 2.47. The Bertz CT molecular complexity index is 395. The van der Waals surface area contributed by atoms with Crippen molar-refractivity contribution < 1.29 is 12.8 Å². The first kappa shape index (κ1) is 13.5. The Morgan fingerprint density at radius 2 is 1.41 bits per heavy atom. The van der Waals surface area contributed by atoms with Crippen molar-refractivity contribution in [3.8, 4) is 0 Å². The normalized spacial score (nSPS) is 22.5. The van der Waals surface area contributed by atoms with Crippen LogP contribution in [0.25, 0.3) is 0 Å². The SMILES string of the molecule is C[Si]1(C)OB(c2ccc(Br)cc2)O[Si](C)(C)O1. The van der Waals surface area contributed by atoms with E-state index in [1.165, 1.54) is 0 Å². The second kappa shape index (κ2) is 4.64. The highest BCUT2D eigenvalue weighted by Crippen LogP contribution is 2.24. The zero-order valence-corrected chi connectivity index (χ0v) is 14.1. The molecule has 1 aromatic rings. The monoisotopic (exact) mass is 330 g/mol. The van der Waals surface area contributed by atoms with Gasteiger partial charge in [0.2, 0.25) is 0 Å². The van der Waals surface area contributed by atoms with Gasteiger partial charge in [0.15, 0.2) is 0 Å². The van der Waals surface area contributed by atoms with Crippen LogP contribution in [0.3, 0.4) is 0 Å². The van der Waals surface area contributed by atoms with Gasteiger partial charge in [-0.1, -0.05) is 28.1 Å². The summed E-state index contributed by atoms with van der Waals surface area (Å²) in [4.78, 5) is 0. The van der Waals surface area contributed by atoms with Crippen LogP contribution in [-0.2, 0) is 12.8 Å². The van der Waals surface area contributed by atoms with Crippen LogP contribution in [0.5, 0.6) is 0 Å². The molecule has 17 heavy (non-hydrogen) atoms. The Morgan fingerprint density at radius 3 is 1.88 bits per heavy atom. The Hall–Kier alpha value is 0.0787. The van der Waals surface area contributed by atoms with Crippen LogP contribution in [0.2, 0.25) is 26.2 Å². The van der Waals surface area contributed by atoms with Gasteiger partial charge in [-0.05, 0) is 43.8 Å². The molecule has 3 nitrogen and oxygen atoms in total. The molecule has 1 fully saturated rings. The molecule has 0 aromatic heterocycles. The molecular weight excluding hydrogens is 315 g/mol. The molecule has 0 amide bonds. The van der Waals surface area contributed by atoms with Crippen molar-refractivity contribution in [3.05, 3.63) is 28.7 Å². The second-order valence-electron chi connectivity index (χ2n) is 5.02. The summed E-state index contributed by atoms with van der Waals surface area (Å²) in [5, 5.41) is 0. The minimum absolute atomic E-state index is 0.278. The number of hydrogen-bond donors (Lipinski definition) is 0. The molecule has 0 radical (unpaired) electrons. The van der Waals surface area contributed by atoms with E-state index in [9.17, 15) is 0 Å². The van der Waals surface area contributed by atoms with E-state index in [0.717, 1.165) is 9.94 Å². The molecule has 1 aliphatic rings. The molecule has 7 heteroatoms. The average molecular weight is 331 g/mol. The molecule has 0 bridgehead atoms. The van der Waals surface area contributed by atoms with Crippen LogP contribution >= 0.6 is 15.9 Å². The van der Waals surface area contributed by atoms with E-state index in [-0.39, 0.29) is 7.12 Å². The first-order chi connectivity index (χ1) is 7.77. The summed E-state index contributed by atoms with van der Waals surface area (Å²) in [7, 11) is -4.40. The van der Waals surface area contributed by atoms with Gasteiger partial charge in [0.05, 0.1) is 0 Å². The zero-order valence-electron chi connectivity index (χ0n) is 10.5. The van der Waals surface area contributed by atoms with Crippen molar-refractivity contribution in [2.45, 2.75) is 26.2 Å². The van der Waals surface area contributed by atoms with Crippen LogP contribution in [0.15, 0.2) is 28.7 Å². The summed E-state index contributed by atoms with van der Waals surface area (Å²) in [5.41, 5.74) is 1.05. The largest absolute Gasteiger partial charge is 0.475 e. The van der Waals surface area contributed by atoms with Crippen LogP contribution < -0.4 is 5.46 Å². The van der Waals surface area contributed by atoms with Crippen molar-refractivity contribution in [1.82, 2.24) is 0 Å². The molecule has 1 saturated heterocycles. The predicted octanol–water partition coefficient (Wildman–Crippen LogP) is 2.61. The van der Waals surface area contributed by atoms with Gasteiger partial charge in [-0.15, -0.1) is 0 Å². The molecule has 1 heterocycles. The fraction of sp³-hybridized carbons (Fsp3) is 0.400. The van der Waals surface area contributed by atoms with Gasteiger partial charge in [-0.25, -0.2) is 0 Å². The fourth-order valence-electron chi connectivity index (χ4n) is 1.94. The zero-order chi connectivity index (χ0) is 12.7. The van der Waals surface area contributed by atoms with Crippen LogP contribution in [0.1, 0.15) is 0 Å². The van der Waals surface area contributed by atoms with Crippen molar-refractivity contribution in [3.63, 3.8) is 0 Å². The van der Waals surface area contributed by atoms with Gasteiger partial charge in [0, 0.05) is 4.47 Å². The summed E-state index contributed by atoms with van der Waals surface area (Å²) in [6.45, 7) is 8.26. The van der Waals surface area contributed by atoms with Gasteiger partial charge < -0.3 is 12.8 Å². The Kier molecular flexibility index (Phi) is 3.68. The van der Waals surface area contributed by atoms with E-state index < -0.39 is 17.1 Å². The van der Waals surface area contributed by atoms with Crippen LogP contribution in [0, 0.1) is 0 Å². The third kappa shape index (κ3) is 3.52. The smallest absolute Gasteiger partial charge is 0.430 e. The van der Waals surface area contributed by atoms with E-state index in [0.29, 0.717) is 0 Å². The molecule has 0 aliphatic carbocycles. The lowest BCUT2D eigenvalue weighted by atomic mass is 9.80. The predicted molar refractivity (Wildman–Crippen MR) is 77.7 cm³/mol. The molecular formula is C10H16BBrO3Si2. The Morgan fingerprint density at radius 1 is 0.941 bits per heavy atom. The van der Waals surface area contributed by atoms with E-state index in [1.54, 1.807) is 0 Å². The molecule has 1 aliphatic heterocycles. The van der Waals surface area contributed by atoms with Crippen LogP contribution in [-0.4, -0.2) is 24.2 Å². The van der Waals surface area contributed by atoms with E-state index >= 15 is 0 Å². The first-order valence-electron chi connectivity index (χ1n) is 5.59. The topological polar surface area (TPSA) is 27.7 Å². The minimum Gasteiger partial charge on any atom is -0.430 e. The lowest BCUT2D eigenvalue weighted by Gasteiger charge is -2.42. The number of hydrogen-bond acceptors (Lipinski definition) is 3. The minimum atomic E-state index is -2.06. The van der Waals surface area contributed by atoms with E-state index in [1.807, 2.05) is 24.3 Å². The van der Waals surface area contributed by atoms with E-state index in [4.69, 9.17) is 12.8 Å². The summed E-state index contributed by atoms with van der Waals surface area (Å²) >= 11 is 3.43. The molecule has 0 atom stereocenters. The Balaban J connectivity index is 2.24. The van der Waals surface area contributed by atoms with Crippen LogP contribution in [0.4, 0.5) is 0 Å². The van der Waals surface area contributed by atoms with Gasteiger partial charge in [0.25, 0.3) is 0 Å². The summed E-state index contributed by atoms with van der Waals surface area (Å²) in [6.07, 6.45) is 0. The molecule has 0 spiro atoms. The molecule has 0 saturated carbocycles. The van der Waals surface area contributed by atoms with Gasteiger partial charge in [-0.3, -0.25) is 0 Å². The maximum Gasteiger partial charge on any atom is 0.475 e. The fourth-order valence-corrected chi connectivity index (χ4v) is 8.82. The lowest BCUT2D eigenvalue weighted by molar-refractivity contribution is 0.260.